The molecule has 2 aromatic rings. The molecule has 1 amide bonds. The summed E-state index contributed by atoms with van der Waals surface area (Å²) in [6.07, 6.45) is -0.178. The fourth-order valence-corrected chi connectivity index (χ4v) is 1.68. The van der Waals surface area contributed by atoms with Crippen LogP contribution in [-0.2, 0) is 11.2 Å². The van der Waals surface area contributed by atoms with Gasteiger partial charge in [0.2, 0.25) is 0 Å². The van der Waals surface area contributed by atoms with Crippen molar-refractivity contribution in [2.75, 3.05) is 5.32 Å². The summed E-state index contributed by atoms with van der Waals surface area (Å²) in [4.78, 5) is 22.7. The number of carbonyl (C=O) groups excluding carboxylic acids is 1. The van der Waals surface area contributed by atoms with Crippen molar-refractivity contribution in [1.29, 1.82) is 0 Å². The number of benzene rings is 1. The Bertz CT molecular complexity index is 644. The molecule has 0 saturated heterocycles. The van der Waals surface area contributed by atoms with Crippen LogP contribution in [-0.4, -0.2) is 27.2 Å². The number of anilines is 1. The molecular formula is C13H10ClN3O3. The summed E-state index contributed by atoms with van der Waals surface area (Å²) in [6.45, 7) is 0. The molecule has 6 nitrogen and oxygen atoms in total. The molecule has 20 heavy (non-hydrogen) atoms. The van der Waals surface area contributed by atoms with E-state index in [-0.39, 0.29) is 17.3 Å². The van der Waals surface area contributed by atoms with Gasteiger partial charge in [-0.25, -0.2) is 0 Å². The molecule has 0 unspecified atom stereocenters. The predicted molar refractivity (Wildman–Crippen MR) is 72.8 cm³/mol. The number of halogens is 1. The average molecular weight is 292 g/mol. The molecule has 0 radical (unpaired) electrons. The molecule has 0 fully saturated rings. The zero-order valence-corrected chi connectivity index (χ0v) is 11.0. The number of carboxylic acid groups (broad SMARTS) is 1. The van der Waals surface area contributed by atoms with Gasteiger partial charge in [0.1, 0.15) is 0 Å². The third-order valence-corrected chi connectivity index (χ3v) is 2.67. The molecule has 0 saturated carbocycles. The second kappa shape index (κ2) is 6.12. The van der Waals surface area contributed by atoms with Crippen LogP contribution in [0.25, 0.3) is 0 Å². The standard InChI is InChI=1S/C13H10ClN3O3/c14-11-6-5-10(16-17-11)13(20)15-9-4-2-1-3-8(9)7-12(18)19/h1-6H,7H2,(H,15,20)(H,18,19). The third kappa shape index (κ3) is 3.52. The number of hydrogen-bond donors (Lipinski definition) is 2. The van der Waals surface area contributed by atoms with Crippen LogP contribution in [0.4, 0.5) is 5.69 Å². The molecule has 0 atom stereocenters. The van der Waals surface area contributed by atoms with Gasteiger partial charge in [-0.15, -0.1) is 10.2 Å². The molecule has 0 aliphatic rings. The predicted octanol–water partition coefficient (Wildman–Crippen LogP) is 2.01. The van der Waals surface area contributed by atoms with Gasteiger partial charge in [0.15, 0.2) is 10.8 Å². The summed E-state index contributed by atoms with van der Waals surface area (Å²) in [5.41, 5.74) is 1.03. The number of amides is 1. The third-order valence-electron chi connectivity index (χ3n) is 2.47. The quantitative estimate of drug-likeness (QED) is 0.899. The van der Waals surface area contributed by atoms with E-state index in [0.717, 1.165) is 0 Å². The first-order chi connectivity index (χ1) is 9.56. The minimum atomic E-state index is -0.974. The second-order valence-corrected chi connectivity index (χ2v) is 4.31. The van der Waals surface area contributed by atoms with E-state index in [9.17, 15) is 9.59 Å². The monoisotopic (exact) mass is 291 g/mol. The minimum Gasteiger partial charge on any atom is -0.481 e. The van der Waals surface area contributed by atoms with Crippen molar-refractivity contribution in [3.05, 3.63) is 52.8 Å². The molecule has 102 valence electrons. The highest BCUT2D eigenvalue weighted by molar-refractivity contribution is 6.29. The normalized spacial score (nSPS) is 10.1. The molecular weight excluding hydrogens is 282 g/mol. The molecule has 7 heteroatoms. The van der Waals surface area contributed by atoms with Gasteiger partial charge < -0.3 is 10.4 Å². The Balaban J connectivity index is 2.19. The van der Waals surface area contributed by atoms with E-state index in [1.54, 1.807) is 24.3 Å². The smallest absolute Gasteiger partial charge is 0.307 e. The van der Waals surface area contributed by atoms with Crippen LogP contribution in [0.5, 0.6) is 0 Å². The topological polar surface area (TPSA) is 92.2 Å². The Labute approximate surface area is 119 Å². The van der Waals surface area contributed by atoms with Crippen molar-refractivity contribution >= 4 is 29.2 Å². The molecule has 2 N–H and O–H groups in total. The van der Waals surface area contributed by atoms with Crippen LogP contribution < -0.4 is 5.32 Å². The summed E-state index contributed by atoms with van der Waals surface area (Å²) in [5, 5.41) is 18.8. The molecule has 0 aliphatic heterocycles. The Kier molecular flexibility index (Phi) is 4.27. The first-order valence-electron chi connectivity index (χ1n) is 5.66. The van der Waals surface area contributed by atoms with Crippen LogP contribution in [0, 0.1) is 0 Å². The van der Waals surface area contributed by atoms with E-state index in [2.05, 4.69) is 15.5 Å². The second-order valence-electron chi connectivity index (χ2n) is 3.92. The van der Waals surface area contributed by atoms with E-state index < -0.39 is 11.9 Å². The summed E-state index contributed by atoms with van der Waals surface area (Å²) in [7, 11) is 0. The fourth-order valence-electron chi connectivity index (χ4n) is 1.58. The molecule has 0 spiro atoms. The SMILES string of the molecule is O=C(O)Cc1ccccc1NC(=O)c1ccc(Cl)nn1. The molecule has 1 aromatic carbocycles. The summed E-state index contributed by atoms with van der Waals surface area (Å²) in [5.74, 6) is -1.45. The highest BCUT2D eigenvalue weighted by Crippen LogP contribution is 2.16. The zero-order chi connectivity index (χ0) is 14.5. The number of carboxylic acids is 1. The average Bonchev–Trinajstić information content (AvgIpc) is 2.41. The molecule has 0 bridgehead atoms. The van der Waals surface area contributed by atoms with Gasteiger partial charge in [-0.05, 0) is 23.8 Å². The highest BCUT2D eigenvalue weighted by atomic mass is 35.5. The lowest BCUT2D eigenvalue weighted by atomic mass is 10.1. The minimum absolute atomic E-state index is 0.0968. The van der Waals surface area contributed by atoms with Crippen molar-refractivity contribution in [2.24, 2.45) is 0 Å². The molecule has 1 aromatic heterocycles. The van der Waals surface area contributed by atoms with Crippen molar-refractivity contribution in [1.82, 2.24) is 10.2 Å². The number of para-hydroxylation sites is 1. The lowest BCUT2D eigenvalue weighted by Crippen LogP contribution is -2.16. The maximum atomic E-state index is 12.0. The number of aromatic nitrogens is 2. The van der Waals surface area contributed by atoms with Crippen LogP contribution in [0.3, 0.4) is 0 Å². The van der Waals surface area contributed by atoms with Gasteiger partial charge in [-0.1, -0.05) is 29.8 Å². The number of nitrogens with one attached hydrogen (secondary N) is 1. The summed E-state index contributed by atoms with van der Waals surface area (Å²) >= 11 is 5.59. The van der Waals surface area contributed by atoms with Crippen molar-refractivity contribution < 1.29 is 14.7 Å². The summed E-state index contributed by atoms with van der Waals surface area (Å²) < 4.78 is 0. The molecule has 0 aliphatic carbocycles. The zero-order valence-electron chi connectivity index (χ0n) is 10.2. The van der Waals surface area contributed by atoms with Crippen molar-refractivity contribution in [3.63, 3.8) is 0 Å². The Morgan fingerprint density at radius 1 is 1.15 bits per heavy atom. The van der Waals surface area contributed by atoms with Crippen LogP contribution in [0.15, 0.2) is 36.4 Å². The maximum absolute atomic E-state index is 12.0. The molecule has 2 rings (SSSR count). The van der Waals surface area contributed by atoms with Crippen molar-refractivity contribution in [2.45, 2.75) is 6.42 Å². The van der Waals surface area contributed by atoms with Gasteiger partial charge in [-0.3, -0.25) is 9.59 Å². The Morgan fingerprint density at radius 3 is 2.55 bits per heavy atom. The molecule has 1 heterocycles. The lowest BCUT2D eigenvalue weighted by molar-refractivity contribution is -0.136. The highest BCUT2D eigenvalue weighted by Gasteiger charge is 2.12. The number of rotatable bonds is 4. The Hall–Kier alpha value is -2.47. The van der Waals surface area contributed by atoms with Crippen LogP contribution >= 0.6 is 11.6 Å². The fraction of sp³-hybridized carbons (Fsp3) is 0.0769. The van der Waals surface area contributed by atoms with E-state index in [1.165, 1.54) is 12.1 Å². The lowest BCUT2D eigenvalue weighted by Gasteiger charge is -2.08. The number of hydrogen-bond acceptors (Lipinski definition) is 4. The van der Waals surface area contributed by atoms with Crippen LogP contribution in [0.1, 0.15) is 16.1 Å². The Morgan fingerprint density at radius 2 is 1.90 bits per heavy atom. The number of aliphatic carboxylic acids is 1. The van der Waals surface area contributed by atoms with Gasteiger partial charge in [-0.2, -0.15) is 0 Å². The first kappa shape index (κ1) is 14.0. The summed E-state index contributed by atoms with van der Waals surface area (Å²) in [6, 6.07) is 9.55. The van der Waals surface area contributed by atoms with Crippen LogP contribution in [0.2, 0.25) is 5.15 Å². The van der Waals surface area contributed by atoms with Gasteiger partial charge in [0.25, 0.3) is 5.91 Å². The van der Waals surface area contributed by atoms with E-state index in [1.807, 2.05) is 0 Å². The maximum Gasteiger partial charge on any atom is 0.307 e. The van der Waals surface area contributed by atoms with Crippen molar-refractivity contribution in [3.8, 4) is 0 Å². The van der Waals surface area contributed by atoms with Gasteiger partial charge in [0.05, 0.1) is 6.42 Å². The van der Waals surface area contributed by atoms with E-state index in [0.29, 0.717) is 11.3 Å². The first-order valence-corrected chi connectivity index (χ1v) is 6.04. The largest absolute Gasteiger partial charge is 0.481 e. The van der Waals surface area contributed by atoms with E-state index in [4.69, 9.17) is 16.7 Å². The van der Waals surface area contributed by atoms with E-state index >= 15 is 0 Å². The number of nitrogens with zero attached hydrogens (tertiary/aromatic N) is 2. The number of carbonyl (C=O) groups is 2. The van der Waals surface area contributed by atoms with Gasteiger partial charge in [0, 0.05) is 5.69 Å². The van der Waals surface area contributed by atoms with Gasteiger partial charge >= 0.3 is 5.97 Å².